The Labute approximate surface area is 174 Å². The quantitative estimate of drug-likeness (QED) is 0.449. The van der Waals surface area contributed by atoms with Crippen molar-refractivity contribution in [3.05, 3.63) is 90.5 Å². The van der Waals surface area contributed by atoms with Gasteiger partial charge in [0.05, 0.1) is 22.8 Å². The smallest absolute Gasteiger partial charge is 0.230 e. The van der Waals surface area contributed by atoms with Gasteiger partial charge >= 0.3 is 0 Å². The predicted molar refractivity (Wildman–Crippen MR) is 119 cm³/mol. The van der Waals surface area contributed by atoms with Crippen LogP contribution in [0.3, 0.4) is 0 Å². The Kier molecular flexibility index (Phi) is 5.86. The zero-order valence-electron chi connectivity index (χ0n) is 16.1. The average molecular weight is 400 g/mol. The van der Waals surface area contributed by atoms with Crippen molar-refractivity contribution in [2.24, 2.45) is 0 Å². The summed E-state index contributed by atoms with van der Waals surface area (Å²) in [7, 11) is 0. The van der Waals surface area contributed by atoms with Crippen molar-refractivity contribution >= 4 is 28.7 Å². The summed E-state index contributed by atoms with van der Waals surface area (Å²) < 4.78 is 0. The Hall–Kier alpha value is -3.18. The Morgan fingerprint density at radius 1 is 0.862 bits per heavy atom. The zero-order valence-corrected chi connectivity index (χ0v) is 16.9. The fourth-order valence-corrected chi connectivity index (χ4v) is 3.92. The number of nitrogens with zero attached hydrogens (tertiary/aromatic N) is 2. The van der Waals surface area contributed by atoms with E-state index in [9.17, 15) is 4.79 Å². The van der Waals surface area contributed by atoms with Gasteiger partial charge in [-0.1, -0.05) is 84.6 Å². The van der Waals surface area contributed by atoms with Gasteiger partial charge in [-0.2, -0.15) is 0 Å². The molecule has 0 bridgehead atoms. The molecule has 0 saturated carbocycles. The van der Waals surface area contributed by atoms with E-state index in [0.717, 1.165) is 32.9 Å². The van der Waals surface area contributed by atoms with Crippen LogP contribution in [0.25, 0.3) is 22.3 Å². The lowest BCUT2D eigenvalue weighted by molar-refractivity contribution is -0.119. The van der Waals surface area contributed by atoms with E-state index < -0.39 is 0 Å². The molecule has 1 amide bonds. The molecule has 5 heteroatoms. The molecule has 3 aromatic carbocycles. The predicted octanol–water partition coefficient (Wildman–Crippen LogP) is 5.27. The van der Waals surface area contributed by atoms with Gasteiger partial charge in [0.25, 0.3) is 0 Å². The van der Waals surface area contributed by atoms with Crippen LogP contribution in [0.2, 0.25) is 0 Å². The molecule has 0 saturated heterocycles. The van der Waals surface area contributed by atoms with Crippen LogP contribution < -0.4 is 5.32 Å². The first-order valence-corrected chi connectivity index (χ1v) is 10.5. The summed E-state index contributed by atoms with van der Waals surface area (Å²) in [6, 6.07) is 27.7. The molecule has 0 aliphatic carbocycles. The van der Waals surface area contributed by atoms with Crippen LogP contribution in [-0.4, -0.2) is 21.6 Å². The van der Waals surface area contributed by atoms with Crippen LogP contribution in [0.5, 0.6) is 0 Å². The zero-order chi connectivity index (χ0) is 20.1. The standard InChI is InChI=1S/C24H21N3OS/c1-17(18-10-4-2-5-11-18)25-22(28)16-29-24-23(19-12-6-3-7-13-19)26-20-14-8-9-15-21(20)27-24/h2-15,17H,16H2,1H3,(H,25,28)/t17-/m0/s1. The molecule has 0 unspecified atom stereocenters. The molecule has 0 spiro atoms. The molecule has 0 aliphatic heterocycles. The van der Waals surface area contributed by atoms with Crippen molar-refractivity contribution in [3.63, 3.8) is 0 Å². The number of rotatable bonds is 6. The monoisotopic (exact) mass is 399 g/mol. The van der Waals surface area contributed by atoms with Crippen molar-refractivity contribution in [1.82, 2.24) is 15.3 Å². The number of amides is 1. The Morgan fingerprint density at radius 3 is 2.14 bits per heavy atom. The highest BCUT2D eigenvalue weighted by Gasteiger charge is 2.15. The van der Waals surface area contributed by atoms with Gasteiger partial charge in [-0.05, 0) is 24.6 Å². The summed E-state index contributed by atoms with van der Waals surface area (Å²) in [5.74, 6) is 0.254. The van der Waals surface area contributed by atoms with Crippen molar-refractivity contribution in [3.8, 4) is 11.3 Å². The molecule has 144 valence electrons. The normalized spacial score (nSPS) is 11.9. The number of aromatic nitrogens is 2. The van der Waals surface area contributed by atoms with Crippen LogP contribution in [-0.2, 0) is 4.79 Å². The SMILES string of the molecule is C[C@H](NC(=O)CSc1nc2ccccc2nc1-c1ccccc1)c1ccccc1. The first kappa shape index (κ1) is 19.2. The number of carbonyl (C=O) groups excluding carboxylic acids is 1. The topological polar surface area (TPSA) is 54.9 Å². The summed E-state index contributed by atoms with van der Waals surface area (Å²) in [5.41, 5.74) is 4.55. The molecule has 0 radical (unpaired) electrons. The molecule has 1 N–H and O–H groups in total. The van der Waals surface area contributed by atoms with Gasteiger partial charge in [0.1, 0.15) is 10.7 Å². The minimum atomic E-state index is -0.0411. The summed E-state index contributed by atoms with van der Waals surface area (Å²) in [4.78, 5) is 22.1. The van der Waals surface area contributed by atoms with Crippen LogP contribution in [0.1, 0.15) is 18.5 Å². The number of carbonyl (C=O) groups is 1. The van der Waals surface area contributed by atoms with Crippen LogP contribution in [0, 0.1) is 0 Å². The van der Waals surface area contributed by atoms with Crippen molar-refractivity contribution in [2.45, 2.75) is 18.0 Å². The minimum Gasteiger partial charge on any atom is -0.349 e. The lowest BCUT2D eigenvalue weighted by Gasteiger charge is -2.14. The number of hydrogen-bond donors (Lipinski definition) is 1. The third-order valence-electron chi connectivity index (χ3n) is 4.60. The molecular weight excluding hydrogens is 378 g/mol. The summed E-state index contributed by atoms with van der Waals surface area (Å²) in [6.07, 6.45) is 0. The van der Waals surface area contributed by atoms with Crippen LogP contribution in [0.4, 0.5) is 0 Å². The first-order chi connectivity index (χ1) is 14.2. The van der Waals surface area contributed by atoms with E-state index in [2.05, 4.69) is 5.32 Å². The highest BCUT2D eigenvalue weighted by Crippen LogP contribution is 2.30. The largest absolute Gasteiger partial charge is 0.349 e. The lowest BCUT2D eigenvalue weighted by Crippen LogP contribution is -2.28. The number of hydrogen-bond acceptors (Lipinski definition) is 4. The van der Waals surface area contributed by atoms with Crippen molar-refractivity contribution in [1.29, 1.82) is 0 Å². The summed E-state index contributed by atoms with van der Waals surface area (Å²) in [6.45, 7) is 1.99. The molecule has 1 atom stereocenters. The fraction of sp³-hybridized carbons (Fsp3) is 0.125. The Bertz CT molecular complexity index is 1120. The number of fused-ring (bicyclic) bond motifs is 1. The van der Waals surface area contributed by atoms with E-state index in [1.165, 1.54) is 11.8 Å². The second-order valence-electron chi connectivity index (χ2n) is 6.72. The third-order valence-corrected chi connectivity index (χ3v) is 5.57. The maximum atomic E-state index is 12.5. The van der Waals surface area contributed by atoms with Gasteiger partial charge < -0.3 is 5.32 Å². The molecule has 4 aromatic rings. The third kappa shape index (κ3) is 4.63. The lowest BCUT2D eigenvalue weighted by atomic mass is 10.1. The highest BCUT2D eigenvalue weighted by molar-refractivity contribution is 8.00. The molecule has 0 fully saturated rings. The van der Waals surface area contributed by atoms with Gasteiger partial charge in [0, 0.05) is 5.56 Å². The molecule has 1 heterocycles. The molecule has 1 aromatic heterocycles. The van der Waals surface area contributed by atoms with Gasteiger partial charge in [-0.25, -0.2) is 9.97 Å². The summed E-state index contributed by atoms with van der Waals surface area (Å²) in [5, 5.41) is 3.82. The van der Waals surface area contributed by atoms with Gasteiger partial charge in [0.2, 0.25) is 5.91 Å². The van der Waals surface area contributed by atoms with Crippen molar-refractivity contribution in [2.75, 3.05) is 5.75 Å². The second-order valence-corrected chi connectivity index (χ2v) is 7.68. The van der Waals surface area contributed by atoms with Crippen molar-refractivity contribution < 1.29 is 4.79 Å². The Morgan fingerprint density at radius 2 is 1.45 bits per heavy atom. The fourth-order valence-electron chi connectivity index (χ4n) is 3.11. The van der Waals surface area contributed by atoms with Crippen LogP contribution in [0.15, 0.2) is 90.0 Å². The maximum Gasteiger partial charge on any atom is 0.230 e. The van der Waals surface area contributed by atoms with E-state index in [-0.39, 0.29) is 17.7 Å². The van der Waals surface area contributed by atoms with Crippen LogP contribution >= 0.6 is 11.8 Å². The van der Waals surface area contributed by atoms with Gasteiger partial charge in [-0.15, -0.1) is 0 Å². The highest BCUT2D eigenvalue weighted by atomic mass is 32.2. The Balaban J connectivity index is 1.54. The number of benzene rings is 3. The number of thioether (sulfide) groups is 1. The van der Waals surface area contributed by atoms with E-state index >= 15 is 0 Å². The second kappa shape index (κ2) is 8.88. The van der Waals surface area contributed by atoms with E-state index in [1.807, 2.05) is 91.9 Å². The van der Waals surface area contributed by atoms with Gasteiger partial charge in [-0.3, -0.25) is 4.79 Å². The molecular formula is C24H21N3OS. The molecule has 0 aliphatic rings. The first-order valence-electron chi connectivity index (χ1n) is 9.50. The molecule has 4 nitrogen and oxygen atoms in total. The average Bonchev–Trinajstić information content (AvgIpc) is 2.78. The molecule has 4 rings (SSSR count). The van der Waals surface area contributed by atoms with E-state index in [0.29, 0.717) is 0 Å². The minimum absolute atomic E-state index is 0.0275. The van der Waals surface area contributed by atoms with Gasteiger partial charge in [0.15, 0.2) is 0 Å². The van der Waals surface area contributed by atoms with E-state index in [1.54, 1.807) is 0 Å². The molecule has 29 heavy (non-hydrogen) atoms. The number of nitrogens with one attached hydrogen (secondary N) is 1. The number of para-hydroxylation sites is 2. The van der Waals surface area contributed by atoms with E-state index in [4.69, 9.17) is 9.97 Å². The summed E-state index contributed by atoms with van der Waals surface area (Å²) >= 11 is 1.42. The maximum absolute atomic E-state index is 12.5.